The average molecular weight is 388 g/mol. The second-order valence-electron chi connectivity index (χ2n) is 8.38. The number of hydrogen-bond acceptors (Lipinski definition) is 6. The number of nitrogens with zero attached hydrogens (tertiary/aromatic N) is 2. The second kappa shape index (κ2) is 8.31. The Morgan fingerprint density at radius 3 is 2.54 bits per heavy atom. The Morgan fingerprint density at radius 1 is 1.18 bits per heavy atom. The molecule has 1 aromatic rings. The van der Waals surface area contributed by atoms with Crippen molar-refractivity contribution < 1.29 is 23.9 Å². The van der Waals surface area contributed by atoms with E-state index in [1.807, 2.05) is 35.2 Å². The van der Waals surface area contributed by atoms with Gasteiger partial charge in [-0.15, -0.1) is 0 Å². The molecule has 2 fully saturated rings. The van der Waals surface area contributed by atoms with Gasteiger partial charge in [0.15, 0.2) is 0 Å². The summed E-state index contributed by atoms with van der Waals surface area (Å²) < 4.78 is 10.8. The van der Waals surface area contributed by atoms with Crippen LogP contribution in [0.25, 0.3) is 0 Å². The molecule has 3 rings (SSSR count). The van der Waals surface area contributed by atoms with Crippen molar-refractivity contribution >= 4 is 18.3 Å². The predicted octanol–water partition coefficient (Wildman–Crippen LogP) is 2.38. The monoisotopic (exact) mass is 388 g/mol. The number of benzene rings is 1. The van der Waals surface area contributed by atoms with Crippen LogP contribution < -0.4 is 0 Å². The van der Waals surface area contributed by atoms with Gasteiger partial charge >= 0.3 is 12.1 Å². The van der Waals surface area contributed by atoms with Gasteiger partial charge in [-0.1, -0.05) is 30.3 Å². The van der Waals surface area contributed by atoms with Crippen LogP contribution in [0.1, 0.15) is 39.2 Å². The number of esters is 1. The van der Waals surface area contributed by atoms with Crippen molar-refractivity contribution in [3.63, 3.8) is 0 Å². The zero-order chi connectivity index (χ0) is 20.3. The lowest BCUT2D eigenvalue weighted by atomic mass is 10.0. The third-order valence-electron chi connectivity index (χ3n) is 5.17. The lowest BCUT2D eigenvalue weighted by Crippen LogP contribution is -2.63. The van der Waals surface area contributed by atoms with Crippen molar-refractivity contribution in [1.29, 1.82) is 0 Å². The first-order chi connectivity index (χ1) is 13.3. The smallest absolute Gasteiger partial charge is 0.411 e. The van der Waals surface area contributed by atoms with E-state index in [2.05, 4.69) is 0 Å². The molecule has 2 bridgehead atoms. The molecule has 0 aromatic heterocycles. The molecule has 0 spiro atoms. The summed E-state index contributed by atoms with van der Waals surface area (Å²) in [6.07, 6.45) is 1.91. The van der Waals surface area contributed by atoms with E-state index < -0.39 is 17.7 Å². The maximum absolute atomic E-state index is 12.5. The van der Waals surface area contributed by atoms with Crippen LogP contribution in [0, 0.1) is 0 Å². The highest BCUT2D eigenvalue weighted by Gasteiger charge is 2.49. The summed E-state index contributed by atoms with van der Waals surface area (Å²) in [7, 11) is 0. The van der Waals surface area contributed by atoms with Crippen LogP contribution in [-0.4, -0.2) is 65.0 Å². The molecular formula is C21H28N2O5. The van der Waals surface area contributed by atoms with Gasteiger partial charge in [0.2, 0.25) is 0 Å². The molecule has 3 atom stereocenters. The van der Waals surface area contributed by atoms with Crippen molar-refractivity contribution in [2.45, 2.75) is 63.9 Å². The van der Waals surface area contributed by atoms with Gasteiger partial charge in [-0.05, 0) is 39.2 Å². The molecule has 152 valence electrons. The SMILES string of the molecule is CC(C)(C)OC(=O)N1C[C@@H]2CC[C@H]([C@@H]1C=O)N2CC(=O)OCc1ccccc1. The molecule has 0 radical (unpaired) electrons. The van der Waals surface area contributed by atoms with Crippen molar-refractivity contribution in [2.75, 3.05) is 13.1 Å². The number of ether oxygens (including phenoxy) is 2. The number of rotatable bonds is 5. The minimum Gasteiger partial charge on any atom is -0.460 e. The van der Waals surface area contributed by atoms with Crippen molar-refractivity contribution in [3.8, 4) is 0 Å². The van der Waals surface area contributed by atoms with Gasteiger partial charge < -0.3 is 14.3 Å². The van der Waals surface area contributed by atoms with E-state index in [4.69, 9.17) is 9.47 Å². The molecule has 2 aliphatic rings. The average Bonchev–Trinajstić information content (AvgIpc) is 2.90. The summed E-state index contributed by atoms with van der Waals surface area (Å²) in [5, 5.41) is 0. The van der Waals surface area contributed by atoms with Gasteiger partial charge in [0.1, 0.15) is 24.5 Å². The highest BCUT2D eigenvalue weighted by molar-refractivity contribution is 5.76. The van der Waals surface area contributed by atoms with Gasteiger partial charge in [0.05, 0.1) is 6.54 Å². The number of likely N-dealkylation sites (tertiary alicyclic amines) is 1. The Labute approximate surface area is 165 Å². The Hall–Kier alpha value is -2.41. The fourth-order valence-electron chi connectivity index (χ4n) is 3.95. The molecule has 0 saturated carbocycles. The van der Waals surface area contributed by atoms with E-state index in [0.29, 0.717) is 6.54 Å². The van der Waals surface area contributed by atoms with Crippen molar-refractivity contribution in [3.05, 3.63) is 35.9 Å². The van der Waals surface area contributed by atoms with Crippen LogP contribution in [0.4, 0.5) is 4.79 Å². The fourth-order valence-corrected chi connectivity index (χ4v) is 3.95. The van der Waals surface area contributed by atoms with Crippen LogP contribution >= 0.6 is 0 Å². The Morgan fingerprint density at radius 2 is 1.89 bits per heavy atom. The Kier molecular flexibility index (Phi) is 6.03. The number of aldehydes is 1. The van der Waals surface area contributed by atoms with Gasteiger partial charge in [-0.25, -0.2) is 4.79 Å². The summed E-state index contributed by atoms with van der Waals surface area (Å²) >= 11 is 0. The zero-order valence-electron chi connectivity index (χ0n) is 16.7. The number of piperazine rings is 1. The molecule has 0 aliphatic carbocycles. The zero-order valence-corrected chi connectivity index (χ0v) is 16.7. The van der Waals surface area contributed by atoms with E-state index >= 15 is 0 Å². The van der Waals surface area contributed by atoms with E-state index in [-0.39, 0.29) is 31.2 Å². The first kappa shape index (κ1) is 20.3. The quantitative estimate of drug-likeness (QED) is 0.569. The Bertz CT molecular complexity index is 715. The van der Waals surface area contributed by atoms with Crippen LogP contribution in [0.3, 0.4) is 0 Å². The minimum atomic E-state index is -0.623. The van der Waals surface area contributed by atoms with E-state index in [1.54, 1.807) is 20.8 Å². The van der Waals surface area contributed by atoms with Gasteiger partial charge in [0, 0.05) is 18.6 Å². The van der Waals surface area contributed by atoms with Crippen molar-refractivity contribution in [2.24, 2.45) is 0 Å². The third kappa shape index (κ3) is 4.70. The van der Waals surface area contributed by atoms with Crippen LogP contribution in [-0.2, 0) is 25.7 Å². The molecular weight excluding hydrogens is 360 g/mol. The second-order valence-corrected chi connectivity index (χ2v) is 8.38. The number of carbonyl (C=O) groups is 3. The summed E-state index contributed by atoms with van der Waals surface area (Å²) in [6, 6.07) is 8.73. The molecule has 0 N–H and O–H groups in total. The van der Waals surface area contributed by atoms with Crippen molar-refractivity contribution in [1.82, 2.24) is 9.80 Å². The lowest BCUT2D eigenvalue weighted by Gasteiger charge is -2.44. The fraction of sp³-hybridized carbons (Fsp3) is 0.571. The minimum absolute atomic E-state index is 0.0259. The third-order valence-corrected chi connectivity index (χ3v) is 5.17. The first-order valence-corrected chi connectivity index (χ1v) is 9.68. The van der Waals surface area contributed by atoms with E-state index in [1.165, 1.54) is 4.90 Å². The van der Waals surface area contributed by atoms with Crippen LogP contribution in [0.5, 0.6) is 0 Å². The maximum Gasteiger partial charge on any atom is 0.411 e. The summed E-state index contributed by atoms with van der Waals surface area (Å²) in [5.74, 6) is -0.323. The number of carbonyl (C=O) groups excluding carboxylic acids is 3. The van der Waals surface area contributed by atoms with Crippen LogP contribution in [0.15, 0.2) is 30.3 Å². The van der Waals surface area contributed by atoms with E-state index in [0.717, 1.165) is 24.7 Å². The van der Waals surface area contributed by atoms with Gasteiger partial charge in [0.25, 0.3) is 0 Å². The standard InChI is InChI=1S/C21H28N2O5/c1-21(2,3)28-20(26)23-11-16-9-10-17(18(23)13-24)22(16)12-19(25)27-14-15-7-5-4-6-8-15/h4-8,13,16-18H,9-12,14H2,1-3H3/t16-,17+,18-/m0/s1. The Balaban J connectivity index is 1.61. The summed E-state index contributed by atoms with van der Waals surface area (Å²) in [5.41, 5.74) is 0.307. The number of amides is 1. The molecule has 7 nitrogen and oxygen atoms in total. The first-order valence-electron chi connectivity index (χ1n) is 9.68. The molecule has 28 heavy (non-hydrogen) atoms. The highest BCUT2D eigenvalue weighted by atomic mass is 16.6. The van der Waals surface area contributed by atoms with Crippen LogP contribution in [0.2, 0.25) is 0 Å². The molecule has 2 heterocycles. The molecule has 1 amide bonds. The normalized spacial score (nSPS) is 24.7. The molecule has 0 unspecified atom stereocenters. The molecule has 7 heteroatoms. The molecule has 1 aromatic carbocycles. The summed E-state index contributed by atoms with van der Waals surface area (Å²) in [4.78, 5) is 40.2. The lowest BCUT2D eigenvalue weighted by molar-refractivity contribution is -0.149. The summed E-state index contributed by atoms with van der Waals surface area (Å²) in [6.45, 7) is 6.12. The molecule has 2 saturated heterocycles. The topological polar surface area (TPSA) is 76.2 Å². The van der Waals surface area contributed by atoms with Gasteiger partial charge in [-0.3, -0.25) is 14.6 Å². The van der Waals surface area contributed by atoms with E-state index in [9.17, 15) is 14.4 Å². The largest absolute Gasteiger partial charge is 0.460 e. The number of hydrogen-bond donors (Lipinski definition) is 0. The predicted molar refractivity (Wildman–Crippen MR) is 103 cm³/mol. The molecule has 2 aliphatic heterocycles. The number of fused-ring (bicyclic) bond motifs is 2. The highest BCUT2D eigenvalue weighted by Crippen LogP contribution is 2.34. The maximum atomic E-state index is 12.5. The van der Waals surface area contributed by atoms with Gasteiger partial charge in [-0.2, -0.15) is 0 Å².